The summed E-state index contributed by atoms with van der Waals surface area (Å²) in [6.45, 7) is 6.64. The van der Waals surface area contributed by atoms with Crippen molar-refractivity contribution in [1.29, 1.82) is 0 Å². The minimum atomic E-state index is -0.199. The van der Waals surface area contributed by atoms with E-state index in [1.807, 2.05) is 57.2 Å². The maximum atomic E-state index is 13.4. The van der Waals surface area contributed by atoms with E-state index in [-0.39, 0.29) is 11.5 Å². The zero-order chi connectivity index (χ0) is 25.6. The fourth-order valence-corrected chi connectivity index (χ4v) is 5.24. The SMILES string of the molecule is Cc1c(C=Nn2c(C(C)C)nc3ccc(Br)cc3c2=O)c2ccccc2n1Cc1ccc(Cl)cc1Cl. The molecule has 5 rings (SSSR count). The maximum absolute atomic E-state index is 13.4. The molecule has 0 N–H and O–H groups in total. The standard InChI is InChI=1S/C28H23BrCl2N4O/c1-16(2)27-33-25-11-9-19(29)12-22(25)28(36)35(27)32-14-23-17(3)34(26-7-5-4-6-21(23)26)15-18-8-10-20(30)13-24(18)31/h4-14,16H,15H2,1-3H3. The predicted molar refractivity (Wildman–Crippen MR) is 153 cm³/mol. The van der Waals surface area contributed by atoms with Crippen molar-refractivity contribution in [2.45, 2.75) is 33.2 Å². The lowest BCUT2D eigenvalue weighted by Crippen LogP contribution is -2.23. The molecule has 0 aliphatic carbocycles. The summed E-state index contributed by atoms with van der Waals surface area (Å²) in [6.07, 6.45) is 1.76. The Bertz CT molecular complexity index is 1720. The van der Waals surface area contributed by atoms with Gasteiger partial charge in [0.1, 0.15) is 5.82 Å². The molecule has 0 amide bonds. The third-order valence-corrected chi connectivity index (χ3v) is 7.36. The first-order chi connectivity index (χ1) is 17.2. The number of aromatic nitrogens is 3. The number of nitrogens with zero attached hydrogens (tertiary/aromatic N) is 4. The van der Waals surface area contributed by atoms with E-state index in [9.17, 15) is 4.79 Å². The first kappa shape index (κ1) is 24.8. The van der Waals surface area contributed by atoms with Crippen molar-refractivity contribution in [3.63, 3.8) is 0 Å². The summed E-state index contributed by atoms with van der Waals surface area (Å²) in [4.78, 5) is 18.2. The highest BCUT2D eigenvalue weighted by Gasteiger charge is 2.16. The minimum absolute atomic E-state index is 0.0115. The van der Waals surface area contributed by atoms with Gasteiger partial charge in [-0.2, -0.15) is 9.78 Å². The van der Waals surface area contributed by atoms with Crippen molar-refractivity contribution < 1.29 is 0 Å². The average Bonchev–Trinajstić information content (AvgIpc) is 3.11. The van der Waals surface area contributed by atoms with Gasteiger partial charge < -0.3 is 4.57 Å². The monoisotopic (exact) mass is 580 g/mol. The van der Waals surface area contributed by atoms with Crippen molar-refractivity contribution in [2.24, 2.45) is 5.10 Å². The number of benzene rings is 3. The van der Waals surface area contributed by atoms with E-state index in [0.717, 1.165) is 32.2 Å². The smallest absolute Gasteiger partial charge is 0.282 e. The summed E-state index contributed by atoms with van der Waals surface area (Å²) >= 11 is 16.0. The van der Waals surface area contributed by atoms with Gasteiger partial charge in [-0.3, -0.25) is 4.79 Å². The maximum Gasteiger partial charge on any atom is 0.282 e. The lowest BCUT2D eigenvalue weighted by molar-refractivity contribution is 0.665. The predicted octanol–water partition coefficient (Wildman–Crippen LogP) is 7.78. The minimum Gasteiger partial charge on any atom is -0.340 e. The van der Waals surface area contributed by atoms with Gasteiger partial charge in [0.25, 0.3) is 5.56 Å². The van der Waals surface area contributed by atoms with Crippen LogP contribution in [-0.2, 0) is 6.54 Å². The first-order valence-corrected chi connectivity index (χ1v) is 13.1. The van der Waals surface area contributed by atoms with E-state index in [2.05, 4.69) is 37.7 Å². The fraction of sp³-hybridized carbons (Fsp3) is 0.179. The van der Waals surface area contributed by atoms with Crippen LogP contribution in [0, 0.1) is 6.92 Å². The largest absolute Gasteiger partial charge is 0.340 e. The third-order valence-electron chi connectivity index (χ3n) is 6.28. The second-order valence-electron chi connectivity index (χ2n) is 8.99. The summed E-state index contributed by atoms with van der Waals surface area (Å²) in [5.41, 5.74) is 4.44. The molecule has 0 aliphatic rings. The van der Waals surface area contributed by atoms with Crippen LogP contribution in [0.5, 0.6) is 0 Å². The number of hydrogen-bond acceptors (Lipinski definition) is 3. The quantitative estimate of drug-likeness (QED) is 0.199. The first-order valence-electron chi connectivity index (χ1n) is 11.5. The summed E-state index contributed by atoms with van der Waals surface area (Å²) in [7, 11) is 0. The highest BCUT2D eigenvalue weighted by Crippen LogP contribution is 2.28. The van der Waals surface area contributed by atoms with Gasteiger partial charge in [0, 0.05) is 49.1 Å². The van der Waals surface area contributed by atoms with Gasteiger partial charge in [0.05, 0.1) is 17.1 Å². The zero-order valence-electron chi connectivity index (χ0n) is 20.0. The molecule has 0 saturated heterocycles. The van der Waals surface area contributed by atoms with Gasteiger partial charge in [0.15, 0.2) is 0 Å². The number of halogens is 3. The molecule has 2 heterocycles. The van der Waals surface area contributed by atoms with E-state index < -0.39 is 0 Å². The van der Waals surface area contributed by atoms with E-state index in [4.69, 9.17) is 28.2 Å². The topological polar surface area (TPSA) is 52.2 Å². The Morgan fingerprint density at radius 2 is 1.83 bits per heavy atom. The number of fused-ring (bicyclic) bond motifs is 2. The summed E-state index contributed by atoms with van der Waals surface area (Å²) in [5, 5.41) is 7.47. The van der Waals surface area contributed by atoms with Crippen molar-refractivity contribution in [3.05, 3.63) is 108 Å². The van der Waals surface area contributed by atoms with Crippen molar-refractivity contribution in [3.8, 4) is 0 Å². The summed E-state index contributed by atoms with van der Waals surface area (Å²) in [5.74, 6) is 0.623. The van der Waals surface area contributed by atoms with Gasteiger partial charge in [0.2, 0.25) is 0 Å². The third kappa shape index (κ3) is 4.49. The molecular formula is C28H23BrCl2N4O. The Morgan fingerprint density at radius 1 is 1.06 bits per heavy atom. The average molecular weight is 582 g/mol. The van der Waals surface area contributed by atoms with Crippen LogP contribution in [0.25, 0.3) is 21.8 Å². The second-order valence-corrected chi connectivity index (χ2v) is 10.7. The highest BCUT2D eigenvalue weighted by atomic mass is 79.9. The lowest BCUT2D eigenvalue weighted by atomic mass is 10.1. The Morgan fingerprint density at radius 3 is 2.58 bits per heavy atom. The second kappa shape index (κ2) is 9.85. The molecule has 0 bridgehead atoms. The molecule has 0 saturated carbocycles. The van der Waals surface area contributed by atoms with Crippen LogP contribution < -0.4 is 5.56 Å². The van der Waals surface area contributed by atoms with E-state index in [1.165, 1.54) is 4.68 Å². The Balaban J connectivity index is 1.66. The number of para-hydroxylation sites is 1. The number of hydrogen-bond donors (Lipinski definition) is 0. The molecule has 8 heteroatoms. The van der Waals surface area contributed by atoms with Crippen molar-refractivity contribution in [2.75, 3.05) is 0 Å². The molecule has 0 atom stereocenters. The molecule has 0 spiro atoms. The van der Waals surface area contributed by atoms with Crippen LogP contribution in [-0.4, -0.2) is 20.4 Å². The normalized spacial score (nSPS) is 12.0. The number of rotatable bonds is 5. The van der Waals surface area contributed by atoms with Crippen LogP contribution in [0.2, 0.25) is 10.0 Å². The molecular weight excluding hydrogens is 559 g/mol. The van der Waals surface area contributed by atoms with E-state index in [0.29, 0.717) is 33.3 Å². The van der Waals surface area contributed by atoms with Crippen LogP contribution in [0.3, 0.4) is 0 Å². The molecule has 5 aromatic rings. The van der Waals surface area contributed by atoms with Crippen molar-refractivity contribution in [1.82, 2.24) is 14.2 Å². The molecule has 0 radical (unpaired) electrons. The van der Waals surface area contributed by atoms with Gasteiger partial charge in [-0.1, -0.05) is 77.2 Å². The van der Waals surface area contributed by atoms with Gasteiger partial charge in [-0.05, 0) is 48.9 Å². The Labute approximate surface area is 227 Å². The Kier molecular flexibility index (Phi) is 6.77. The molecule has 182 valence electrons. The molecule has 36 heavy (non-hydrogen) atoms. The summed E-state index contributed by atoms with van der Waals surface area (Å²) in [6, 6.07) is 19.2. The van der Waals surface area contributed by atoms with E-state index >= 15 is 0 Å². The van der Waals surface area contributed by atoms with Crippen LogP contribution in [0.4, 0.5) is 0 Å². The van der Waals surface area contributed by atoms with Crippen molar-refractivity contribution >= 4 is 67.2 Å². The molecule has 0 fully saturated rings. The van der Waals surface area contributed by atoms with Gasteiger partial charge >= 0.3 is 0 Å². The molecule has 0 aliphatic heterocycles. The van der Waals surface area contributed by atoms with Crippen LogP contribution >= 0.6 is 39.1 Å². The highest BCUT2D eigenvalue weighted by molar-refractivity contribution is 9.10. The van der Waals surface area contributed by atoms with E-state index in [1.54, 1.807) is 18.3 Å². The molecule has 5 nitrogen and oxygen atoms in total. The Hall–Kier alpha value is -2.93. The van der Waals surface area contributed by atoms with Gasteiger partial charge in [-0.25, -0.2) is 4.98 Å². The molecule has 0 unspecified atom stereocenters. The van der Waals surface area contributed by atoms with Gasteiger partial charge in [-0.15, -0.1) is 0 Å². The van der Waals surface area contributed by atoms with Crippen LogP contribution in [0.15, 0.2) is 75.0 Å². The fourth-order valence-electron chi connectivity index (χ4n) is 4.41. The summed E-state index contributed by atoms with van der Waals surface area (Å²) < 4.78 is 4.44. The molecule has 2 aromatic heterocycles. The van der Waals surface area contributed by atoms with Crippen LogP contribution in [0.1, 0.15) is 42.4 Å². The lowest BCUT2D eigenvalue weighted by Gasteiger charge is -2.12. The molecule has 3 aromatic carbocycles. The zero-order valence-corrected chi connectivity index (χ0v) is 23.1.